The number of ether oxygens (including phenoxy) is 4. The largest absolute Gasteiger partial charge is 0.475 e. The van der Waals surface area contributed by atoms with Gasteiger partial charge in [-0.1, -0.05) is 6.07 Å². The summed E-state index contributed by atoms with van der Waals surface area (Å²) < 4.78 is 21.2. The van der Waals surface area contributed by atoms with Crippen LogP contribution in [0.3, 0.4) is 0 Å². The third-order valence-electron chi connectivity index (χ3n) is 2.12. The SMILES string of the molecule is NCCOCCOCCOCCOc1ccccn1. The Labute approximate surface area is 113 Å². The summed E-state index contributed by atoms with van der Waals surface area (Å²) in [5.74, 6) is 0.611. The van der Waals surface area contributed by atoms with Crippen molar-refractivity contribution >= 4 is 0 Å². The number of hydrogen-bond donors (Lipinski definition) is 1. The lowest BCUT2D eigenvalue weighted by Gasteiger charge is -2.07. The molecule has 0 aromatic carbocycles. The van der Waals surface area contributed by atoms with E-state index < -0.39 is 0 Å². The van der Waals surface area contributed by atoms with Crippen LogP contribution in [0.1, 0.15) is 0 Å². The second-order valence-electron chi connectivity index (χ2n) is 3.64. The molecule has 2 N–H and O–H groups in total. The van der Waals surface area contributed by atoms with E-state index in [1.165, 1.54) is 0 Å². The molecular formula is C13H22N2O4. The molecule has 0 radical (unpaired) electrons. The monoisotopic (exact) mass is 270 g/mol. The molecule has 1 rings (SSSR count). The molecule has 0 aliphatic heterocycles. The van der Waals surface area contributed by atoms with Crippen LogP contribution in [0.4, 0.5) is 0 Å². The van der Waals surface area contributed by atoms with E-state index in [4.69, 9.17) is 24.7 Å². The smallest absolute Gasteiger partial charge is 0.213 e. The van der Waals surface area contributed by atoms with Crippen molar-refractivity contribution in [2.24, 2.45) is 5.73 Å². The Balaban J connectivity index is 1.79. The summed E-state index contributed by atoms with van der Waals surface area (Å²) >= 11 is 0. The lowest BCUT2D eigenvalue weighted by molar-refractivity contribution is 0.0103. The third kappa shape index (κ3) is 9.38. The van der Waals surface area contributed by atoms with Gasteiger partial charge in [0.25, 0.3) is 0 Å². The third-order valence-corrected chi connectivity index (χ3v) is 2.12. The van der Waals surface area contributed by atoms with E-state index in [1.54, 1.807) is 6.20 Å². The Hall–Kier alpha value is -1.21. The van der Waals surface area contributed by atoms with Gasteiger partial charge in [-0.2, -0.15) is 0 Å². The Kier molecular flexibility index (Phi) is 9.89. The van der Waals surface area contributed by atoms with Crippen molar-refractivity contribution in [1.82, 2.24) is 4.98 Å². The highest BCUT2D eigenvalue weighted by Gasteiger charge is 1.94. The van der Waals surface area contributed by atoms with Crippen LogP contribution in [-0.2, 0) is 14.2 Å². The topological polar surface area (TPSA) is 75.8 Å². The van der Waals surface area contributed by atoms with Crippen LogP contribution in [0.25, 0.3) is 0 Å². The molecule has 0 amide bonds. The molecule has 0 atom stereocenters. The highest BCUT2D eigenvalue weighted by Crippen LogP contribution is 2.02. The van der Waals surface area contributed by atoms with Crippen molar-refractivity contribution < 1.29 is 18.9 Å². The molecule has 0 aliphatic carbocycles. The Morgan fingerprint density at radius 2 is 1.47 bits per heavy atom. The highest BCUT2D eigenvalue weighted by atomic mass is 16.6. The van der Waals surface area contributed by atoms with Gasteiger partial charge in [-0.3, -0.25) is 0 Å². The molecule has 108 valence electrons. The van der Waals surface area contributed by atoms with Gasteiger partial charge in [-0.05, 0) is 6.07 Å². The number of hydrogen-bond acceptors (Lipinski definition) is 6. The average molecular weight is 270 g/mol. The second kappa shape index (κ2) is 11.9. The molecule has 0 unspecified atom stereocenters. The Bertz CT molecular complexity index is 298. The molecule has 0 aliphatic rings. The van der Waals surface area contributed by atoms with Crippen LogP contribution in [0.15, 0.2) is 24.4 Å². The van der Waals surface area contributed by atoms with Gasteiger partial charge >= 0.3 is 0 Å². The predicted octanol–water partition coefficient (Wildman–Crippen LogP) is 0.469. The van der Waals surface area contributed by atoms with Crippen molar-refractivity contribution in [2.45, 2.75) is 0 Å². The molecule has 0 saturated heterocycles. The van der Waals surface area contributed by atoms with Gasteiger partial charge in [-0.25, -0.2) is 4.98 Å². The van der Waals surface area contributed by atoms with E-state index >= 15 is 0 Å². The zero-order valence-electron chi connectivity index (χ0n) is 11.1. The first-order chi connectivity index (χ1) is 9.43. The van der Waals surface area contributed by atoms with Crippen LogP contribution < -0.4 is 10.5 Å². The van der Waals surface area contributed by atoms with E-state index in [1.807, 2.05) is 18.2 Å². The minimum atomic E-state index is 0.483. The molecule has 1 aromatic rings. The molecule has 0 saturated carbocycles. The molecule has 19 heavy (non-hydrogen) atoms. The first-order valence-corrected chi connectivity index (χ1v) is 6.40. The van der Waals surface area contributed by atoms with Gasteiger partial charge in [0, 0.05) is 18.8 Å². The number of pyridine rings is 1. The van der Waals surface area contributed by atoms with E-state index in [9.17, 15) is 0 Å². The number of aromatic nitrogens is 1. The van der Waals surface area contributed by atoms with Gasteiger partial charge in [0.05, 0.1) is 39.6 Å². The molecule has 0 bridgehead atoms. The Morgan fingerprint density at radius 3 is 2.05 bits per heavy atom. The molecule has 1 heterocycles. The quantitative estimate of drug-likeness (QED) is 0.556. The van der Waals surface area contributed by atoms with Crippen LogP contribution in [0.2, 0.25) is 0 Å². The Morgan fingerprint density at radius 1 is 0.842 bits per heavy atom. The first kappa shape index (κ1) is 15.8. The van der Waals surface area contributed by atoms with Crippen molar-refractivity contribution in [1.29, 1.82) is 0 Å². The molecule has 1 aromatic heterocycles. The summed E-state index contributed by atoms with van der Waals surface area (Å²) in [7, 11) is 0. The fraction of sp³-hybridized carbons (Fsp3) is 0.615. The minimum absolute atomic E-state index is 0.483. The van der Waals surface area contributed by atoms with E-state index in [0.717, 1.165) is 0 Å². The zero-order valence-corrected chi connectivity index (χ0v) is 11.1. The maximum Gasteiger partial charge on any atom is 0.213 e. The number of rotatable bonds is 12. The average Bonchev–Trinajstić information content (AvgIpc) is 2.46. The van der Waals surface area contributed by atoms with Crippen LogP contribution in [-0.4, -0.2) is 57.8 Å². The maximum absolute atomic E-state index is 5.37. The fourth-order valence-electron chi connectivity index (χ4n) is 1.26. The molecule has 6 nitrogen and oxygen atoms in total. The fourth-order valence-corrected chi connectivity index (χ4v) is 1.26. The lowest BCUT2D eigenvalue weighted by Crippen LogP contribution is -2.14. The van der Waals surface area contributed by atoms with Gasteiger partial charge in [0.2, 0.25) is 5.88 Å². The summed E-state index contributed by atoms with van der Waals surface area (Å²) in [4.78, 5) is 4.04. The van der Waals surface area contributed by atoms with Gasteiger partial charge in [-0.15, -0.1) is 0 Å². The van der Waals surface area contributed by atoms with E-state index in [0.29, 0.717) is 58.7 Å². The van der Waals surface area contributed by atoms with Crippen molar-refractivity contribution in [2.75, 3.05) is 52.8 Å². The zero-order chi connectivity index (χ0) is 13.6. The lowest BCUT2D eigenvalue weighted by atomic mass is 10.5. The summed E-state index contributed by atoms with van der Waals surface area (Å²) in [5.41, 5.74) is 5.28. The number of nitrogens with zero attached hydrogens (tertiary/aromatic N) is 1. The highest BCUT2D eigenvalue weighted by molar-refractivity contribution is 5.08. The summed E-state index contributed by atoms with van der Waals surface area (Å²) in [6.07, 6.45) is 1.69. The minimum Gasteiger partial charge on any atom is -0.475 e. The van der Waals surface area contributed by atoms with Gasteiger partial charge in [0.15, 0.2) is 0 Å². The predicted molar refractivity (Wildman–Crippen MR) is 71.2 cm³/mol. The van der Waals surface area contributed by atoms with E-state index in [-0.39, 0.29) is 0 Å². The van der Waals surface area contributed by atoms with Gasteiger partial charge < -0.3 is 24.7 Å². The number of nitrogens with two attached hydrogens (primary N) is 1. The molecule has 6 heteroatoms. The van der Waals surface area contributed by atoms with E-state index in [2.05, 4.69) is 4.98 Å². The summed E-state index contributed by atoms with van der Waals surface area (Å²) in [6.45, 7) is 4.34. The van der Waals surface area contributed by atoms with Gasteiger partial charge in [0.1, 0.15) is 6.61 Å². The standard InChI is InChI=1S/C13H22N2O4/c14-4-6-16-7-8-17-9-10-18-11-12-19-13-3-1-2-5-15-13/h1-3,5H,4,6-12,14H2. The molecule has 0 spiro atoms. The van der Waals surface area contributed by atoms with Crippen molar-refractivity contribution in [3.05, 3.63) is 24.4 Å². The summed E-state index contributed by atoms with van der Waals surface area (Å²) in [5, 5.41) is 0. The van der Waals surface area contributed by atoms with Crippen molar-refractivity contribution in [3.63, 3.8) is 0 Å². The van der Waals surface area contributed by atoms with Crippen molar-refractivity contribution in [3.8, 4) is 5.88 Å². The molecular weight excluding hydrogens is 248 g/mol. The van der Waals surface area contributed by atoms with Crippen LogP contribution in [0, 0.1) is 0 Å². The normalized spacial score (nSPS) is 10.6. The van der Waals surface area contributed by atoms with Crippen LogP contribution in [0.5, 0.6) is 5.88 Å². The first-order valence-electron chi connectivity index (χ1n) is 6.40. The maximum atomic E-state index is 5.37. The van der Waals surface area contributed by atoms with Crippen LogP contribution >= 0.6 is 0 Å². The second-order valence-corrected chi connectivity index (χ2v) is 3.64. The summed E-state index contributed by atoms with van der Waals surface area (Å²) in [6, 6.07) is 5.53. The molecule has 0 fully saturated rings.